The number of aromatic amines is 2. The van der Waals surface area contributed by atoms with Gasteiger partial charge in [-0.1, -0.05) is 29.8 Å². The second-order valence-electron chi connectivity index (χ2n) is 6.44. The van der Waals surface area contributed by atoms with E-state index in [0.29, 0.717) is 33.2 Å². The number of H-pyrrole nitrogens is 2. The van der Waals surface area contributed by atoms with Crippen LogP contribution in [0.3, 0.4) is 0 Å². The predicted octanol–water partition coefficient (Wildman–Crippen LogP) is 4.54. The van der Waals surface area contributed by atoms with E-state index in [1.165, 1.54) is 12.2 Å². The van der Waals surface area contributed by atoms with E-state index >= 15 is 0 Å². The number of aromatic nitrogens is 2. The Balaban J connectivity index is 1.92. The van der Waals surface area contributed by atoms with Gasteiger partial charge in [0.15, 0.2) is 11.5 Å². The van der Waals surface area contributed by atoms with Crippen molar-refractivity contribution in [2.45, 2.75) is 13.5 Å². The first-order chi connectivity index (χ1) is 15.3. The molecule has 1 heterocycles. The fourth-order valence-electron chi connectivity index (χ4n) is 2.80. The highest BCUT2D eigenvalue weighted by Gasteiger charge is 2.19. The van der Waals surface area contributed by atoms with E-state index in [-0.39, 0.29) is 12.3 Å². The van der Waals surface area contributed by atoms with Gasteiger partial charge in [-0.2, -0.15) is 0 Å². The Morgan fingerprint density at radius 1 is 1.12 bits per heavy atom. The molecular formula is C21H17BrClN3O6. The number of nitrogens with zero attached hydrogens (tertiary/aromatic N) is 1. The molecule has 32 heavy (non-hydrogen) atoms. The molecule has 9 nitrogen and oxygen atoms in total. The predicted molar refractivity (Wildman–Crippen MR) is 124 cm³/mol. The molecule has 166 valence electrons. The van der Waals surface area contributed by atoms with Gasteiger partial charge in [0.1, 0.15) is 12.3 Å². The third-order valence-electron chi connectivity index (χ3n) is 4.20. The second kappa shape index (κ2) is 10.3. The molecule has 0 fully saturated rings. The maximum Gasteiger partial charge on any atom is 0.357 e. The summed E-state index contributed by atoms with van der Waals surface area (Å²) in [6.07, 6.45) is 2.79. The van der Waals surface area contributed by atoms with Gasteiger partial charge >= 0.3 is 16.9 Å². The van der Waals surface area contributed by atoms with Crippen molar-refractivity contribution in [3.05, 3.63) is 93.7 Å². The summed E-state index contributed by atoms with van der Waals surface area (Å²) in [7, 11) is 0. The van der Waals surface area contributed by atoms with E-state index in [4.69, 9.17) is 21.1 Å². The summed E-state index contributed by atoms with van der Waals surface area (Å²) in [4.78, 5) is 37.7. The first kappa shape index (κ1) is 23.3. The van der Waals surface area contributed by atoms with E-state index in [2.05, 4.69) is 20.9 Å². The average Bonchev–Trinajstić information content (AvgIpc) is 2.72. The number of halogens is 2. The molecule has 0 aliphatic heterocycles. The Morgan fingerprint density at radius 3 is 2.50 bits per heavy atom. The lowest BCUT2D eigenvalue weighted by Gasteiger charge is -2.15. The van der Waals surface area contributed by atoms with Crippen LogP contribution in [-0.2, 0) is 6.61 Å². The molecule has 11 heteroatoms. The summed E-state index contributed by atoms with van der Waals surface area (Å²) in [5.41, 5.74) is -1.40. The van der Waals surface area contributed by atoms with Gasteiger partial charge in [-0.05, 0) is 64.3 Å². The zero-order valence-electron chi connectivity index (χ0n) is 16.7. The third-order valence-corrected chi connectivity index (χ3v) is 5.04. The quantitative estimate of drug-likeness (QED) is 0.330. The van der Waals surface area contributed by atoms with Gasteiger partial charge in [-0.25, -0.2) is 4.79 Å². The fourth-order valence-corrected chi connectivity index (χ4v) is 3.50. The molecule has 0 aliphatic carbocycles. The van der Waals surface area contributed by atoms with Gasteiger partial charge in [-0.3, -0.25) is 19.9 Å². The first-order valence-corrected chi connectivity index (χ1v) is 10.5. The van der Waals surface area contributed by atoms with Crippen molar-refractivity contribution < 1.29 is 14.4 Å². The van der Waals surface area contributed by atoms with E-state index in [1.54, 1.807) is 24.3 Å². The van der Waals surface area contributed by atoms with Crippen LogP contribution in [0.4, 0.5) is 5.69 Å². The number of nitro groups is 1. The van der Waals surface area contributed by atoms with Crippen molar-refractivity contribution in [1.29, 1.82) is 0 Å². The van der Waals surface area contributed by atoms with Crippen LogP contribution in [0.2, 0.25) is 5.02 Å². The minimum absolute atomic E-state index is 0.221. The second-order valence-corrected chi connectivity index (χ2v) is 7.73. The molecule has 0 radical (unpaired) electrons. The number of ether oxygens (including phenoxy) is 2. The minimum atomic E-state index is -1.08. The molecule has 0 unspecified atom stereocenters. The lowest BCUT2D eigenvalue weighted by molar-refractivity contribution is -0.386. The van der Waals surface area contributed by atoms with E-state index in [9.17, 15) is 19.7 Å². The standard InChI is InChI=1S/C21H17BrClN3O6/c1-2-31-17-10-13(5-8-16-18(26(29)30)20(27)25-21(28)24-16)9-15(22)19(17)32-11-12-3-6-14(23)7-4-12/h3-10H,2,11H2,1H3,(H2,24,25,27,28)/b8-5-. The molecule has 0 saturated carbocycles. The molecule has 0 aliphatic rings. The molecule has 0 bridgehead atoms. The highest BCUT2D eigenvalue weighted by atomic mass is 79.9. The van der Waals surface area contributed by atoms with Gasteiger partial charge in [0.25, 0.3) is 0 Å². The summed E-state index contributed by atoms with van der Waals surface area (Å²) < 4.78 is 12.2. The zero-order valence-corrected chi connectivity index (χ0v) is 19.0. The maximum absolute atomic E-state index is 11.8. The summed E-state index contributed by atoms with van der Waals surface area (Å²) in [6.45, 7) is 2.48. The van der Waals surface area contributed by atoms with Crippen molar-refractivity contribution in [1.82, 2.24) is 9.97 Å². The van der Waals surface area contributed by atoms with Crippen molar-refractivity contribution >= 4 is 45.4 Å². The van der Waals surface area contributed by atoms with Crippen LogP contribution in [0.1, 0.15) is 23.7 Å². The highest BCUT2D eigenvalue weighted by Crippen LogP contribution is 2.38. The van der Waals surface area contributed by atoms with Crippen molar-refractivity contribution in [3.8, 4) is 11.5 Å². The maximum atomic E-state index is 11.8. The molecule has 0 saturated heterocycles. The van der Waals surface area contributed by atoms with Gasteiger partial charge < -0.3 is 14.5 Å². The molecular weight excluding hydrogens is 506 g/mol. The molecule has 0 spiro atoms. The van der Waals surface area contributed by atoms with Crippen LogP contribution in [0.5, 0.6) is 11.5 Å². The van der Waals surface area contributed by atoms with Crippen molar-refractivity contribution in [3.63, 3.8) is 0 Å². The SMILES string of the molecule is CCOc1cc(/C=C\c2[nH]c(=O)[nH]c(=O)c2[N+](=O)[O-])cc(Br)c1OCc1ccc(Cl)cc1. The number of hydrogen-bond donors (Lipinski definition) is 2. The molecule has 2 aromatic carbocycles. The van der Waals surface area contributed by atoms with Crippen LogP contribution in [-0.4, -0.2) is 21.5 Å². The lowest BCUT2D eigenvalue weighted by Crippen LogP contribution is -2.25. The highest BCUT2D eigenvalue weighted by molar-refractivity contribution is 9.10. The number of nitrogens with one attached hydrogen (secondary N) is 2. The Bertz CT molecular complexity index is 1280. The number of rotatable bonds is 8. The van der Waals surface area contributed by atoms with Gasteiger partial charge in [0, 0.05) is 5.02 Å². The van der Waals surface area contributed by atoms with Crippen LogP contribution in [0.25, 0.3) is 12.2 Å². The fraction of sp³-hybridized carbons (Fsp3) is 0.143. The molecule has 0 amide bonds. The molecule has 2 N–H and O–H groups in total. The average molecular weight is 523 g/mol. The van der Waals surface area contributed by atoms with Crippen molar-refractivity contribution in [2.24, 2.45) is 0 Å². The Morgan fingerprint density at radius 2 is 1.84 bits per heavy atom. The molecule has 0 atom stereocenters. The normalized spacial score (nSPS) is 11.0. The smallest absolute Gasteiger partial charge is 0.357 e. The molecule has 3 rings (SSSR count). The number of hydrogen-bond acceptors (Lipinski definition) is 6. The summed E-state index contributed by atoms with van der Waals surface area (Å²) in [5.74, 6) is 0.930. The molecule has 1 aromatic heterocycles. The lowest BCUT2D eigenvalue weighted by atomic mass is 10.1. The Kier molecular flexibility index (Phi) is 7.49. The molecule has 3 aromatic rings. The zero-order chi connectivity index (χ0) is 23.3. The Labute approximate surface area is 194 Å². The van der Waals surface area contributed by atoms with E-state index < -0.39 is 21.9 Å². The first-order valence-electron chi connectivity index (χ1n) is 9.31. The van der Waals surface area contributed by atoms with Gasteiger partial charge in [0.2, 0.25) is 0 Å². The summed E-state index contributed by atoms with van der Waals surface area (Å²) >= 11 is 9.36. The van der Waals surface area contributed by atoms with Crippen LogP contribution < -0.4 is 20.7 Å². The van der Waals surface area contributed by atoms with Crippen LogP contribution in [0.15, 0.2) is 50.5 Å². The van der Waals surface area contributed by atoms with E-state index in [1.807, 2.05) is 24.0 Å². The van der Waals surface area contributed by atoms with E-state index in [0.717, 1.165) is 5.56 Å². The monoisotopic (exact) mass is 521 g/mol. The topological polar surface area (TPSA) is 127 Å². The third kappa shape index (κ3) is 5.65. The number of benzene rings is 2. The summed E-state index contributed by atoms with van der Waals surface area (Å²) in [6, 6.07) is 10.6. The largest absolute Gasteiger partial charge is 0.490 e. The van der Waals surface area contributed by atoms with Crippen LogP contribution >= 0.6 is 27.5 Å². The Hall–Kier alpha value is -3.37. The van der Waals surface area contributed by atoms with Gasteiger partial charge in [-0.15, -0.1) is 0 Å². The van der Waals surface area contributed by atoms with Gasteiger partial charge in [0.05, 0.1) is 16.0 Å². The van der Waals surface area contributed by atoms with Crippen LogP contribution in [0, 0.1) is 10.1 Å². The minimum Gasteiger partial charge on any atom is -0.490 e. The summed E-state index contributed by atoms with van der Waals surface area (Å²) in [5, 5.41) is 11.8. The van der Waals surface area contributed by atoms with Crippen molar-refractivity contribution in [2.75, 3.05) is 6.61 Å².